The summed E-state index contributed by atoms with van der Waals surface area (Å²) in [5.41, 5.74) is -2.37. The molecular formula is C23H18F5N5O2. The van der Waals surface area contributed by atoms with Gasteiger partial charge in [0.1, 0.15) is 22.9 Å². The number of pyridine rings is 2. The van der Waals surface area contributed by atoms with E-state index in [9.17, 15) is 27.1 Å². The lowest BCUT2D eigenvalue weighted by molar-refractivity contribution is -0.141. The van der Waals surface area contributed by atoms with Gasteiger partial charge < -0.3 is 15.2 Å². The molecule has 0 radical (unpaired) electrons. The molecule has 4 aromatic rings. The van der Waals surface area contributed by atoms with Gasteiger partial charge in [0.2, 0.25) is 5.88 Å². The number of rotatable bonds is 6. The summed E-state index contributed by atoms with van der Waals surface area (Å²) < 4.78 is 74.4. The third-order valence-electron chi connectivity index (χ3n) is 4.73. The van der Waals surface area contributed by atoms with Gasteiger partial charge in [0, 0.05) is 18.3 Å². The molecule has 0 aliphatic rings. The second kappa shape index (κ2) is 8.95. The molecular weight excluding hydrogens is 473 g/mol. The van der Waals surface area contributed by atoms with Crippen molar-refractivity contribution in [1.82, 2.24) is 19.7 Å². The first-order valence-corrected chi connectivity index (χ1v) is 10.1. The molecule has 12 heteroatoms. The lowest BCUT2D eigenvalue weighted by atomic mass is 10.1. The number of hydrogen-bond donors (Lipinski definition) is 2. The van der Waals surface area contributed by atoms with Crippen LogP contribution in [0.2, 0.25) is 0 Å². The fourth-order valence-corrected chi connectivity index (χ4v) is 3.07. The fourth-order valence-electron chi connectivity index (χ4n) is 3.07. The van der Waals surface area contributed by atoms with E-state index in [1.807, 2.05) is 0 Å². The first kappa shape index (κ1) is 24.1. The Kier molecular flexibility index (Phi) is 6.15. The average Bonchev–Trinajstić information content (AvgIpc) is 3.17. The standard InChI is InChI=1S/C23H18F5N5O2/c1-22(2,34)17-7-6-13(12-30-17)31-19-10-14(8-9-29-19)35-20-11-18(23(26,27)28)32-33(20)21-15(24)4-3-5-16(21)25/h3-12,34H,1-2H3,(H,29,31). The number of para-hydroxylation sites is 1. The van der Waals surface area contributed by atoms with E-state index in [1.54, 1.807) is 26.0 Å². The third kappa shape index (κ3) is 5.38. The molecule has 0 spiro atoms. The molecule has 0 saturated heterocycles. The van der Waals surface area contributed by atoms with Gasteiger partial charge in [-0.25, -0.2) is 13.8 Å². The van der Waals surface area contributed by atoms with Gasteiger partial charge in [0.25, 0.3) is 0 Å². The highest BCUT2D eigenvalue weighted by atomic mass is 19.4. The van der Waals surface area contributed by atoms with Gasteiger partial charge in [-0.15, -0.1) is 0 Å². The molecule has 0 saturated carbocycles. The quantitative estimate of drug-likeness (QED) is 0.336. The first-order chi connectivity index (χ1) is 16.4. The number of nitrogens with zero attached hydrogens (tertiary/aromatic N) is 4. The van der Waals surface area contributed by atoms with Gasteiger partial charge in [0.15, 0.2) is 17.3 Å². The van der Waals surface area contributed by atoms with Crippen LogP contribution >= 0.6 is 0 Å². The van der Waals surface area contributed by atoms with Crippen molar-refractivity contribution < 1.29 is 31.8 Å². The van der Waals surface area contributed by atoms with Gasteiger partial charge in [-0.05, 0) is 44.2 Å². The first-order valence-electron chi connectivity index (χ1n) is 10.1. The van der Waals surface area contributed by atoms with E-state index >= 15 is 0 Å². The Balaban J connectivity index is 1.65. The Morgan fingerprint density at radius 2 is 1.66 bits per heavy atom. The topological polar surface area (TPSA) is 85.1 Å². The zero-order valence-corrected chi connectivity index (χ0v) is 18.3. The predicted octanol–water partition coefficient (Wildman–Crippen LogP) is 5.72. The molecule has 3 heterocycles. The summed E-state index contributed by atoms with van der Waals surface area (Å²) in [5, 5.41) is 16.3. The van der Waals surface area contributed by atoms with Gasteiger partial charge >= 0.3 is 6.18 Å². The van der Waals surface area contributed by atoms with Crippen LogP contribution in [-0.4, -0.2) is 24.9 Å². The van der Waals surface area contributed by atoms with Crippen LogP contribution in [0.1, 0.15) is 25.2 Å². The van der Waals surface area contributed by atoms with Crippen molar-refractivity contribution in [3.05, 3.63) is 83.9 Å². The molecule has 1 aromatic carbocycles. The Hall–Kier alpha value is -4.06. The minimum atomic E-state index is -4.88. The maximum atomic E-state index is 14.3. The molecule has 7 nitrogen and oxygen atoms in total. The summed E-state index contributed by atoms with van der Waals surface area (Å²) in [4.78, 5) is 8.27. The Morgan fingerprint density at radius 1 is 0.943 bits per heavy atom. The molecule has 0 unspecified atom stereocenters. The zero-order valence-electron chi connectivity index (χ0n) is 18.3. The SMILES string of the molecule is CC(C)(O)c1ccc(Nc2cc(Oc3cc(C(F)(F)F)nn3-c3c(F)cccc3F)ccn2)cn1. The van der Waals surface area contributed by atoms with E-state index in [0.717, 1.165) is 18.2 Å². The second-order valence-electron chi connectivity index (χ2n) is 7.94. The van der Waals surface area contributed by atoms with Crippen LogP contribution in [0.5, 0.6) is 11.6 Å². The van der Waals surface area contributed by atoms with Crippen LogP contribution in [0.4, 0.5) is 33.5 Å². The smallest absolute Gasteiger partial charge is 0.435 e. The molecule has 3 aromatic heterocycles. The average molecular weight is 491 g/mol. The van der Waals surface area contributed by atoms with Crippen molar-refractivity contribution >= 4 is 11.5 Å². The number of nitrogens with one attached hydrogen (secondary N) is 1. The molecule has 0 aliphatic heterocycles. The number of ether oxygens (including phenoxy) is 1. The van der Waals surface area contributed by atoms with E-state index < -0.39 is 40.7 Å². The number of aliphatic hydroxyl groups is 1. The molecule has 0 bridgehead atoms. The number of hydrogen-bond acceptors (Lipinski definition) is 6. The van der Waals surface area contributed by atoms with Crippen molar-refractivity contribution in [2.24, 2.45) is 0 Å². The molecule has 2 N–H and O–H groups in total. The molecule has 0 fully saturated rings. The highest BCUT2D eigenvalue weighted by molar-refractivity contribution is 5.56. The number of halogens is 5. The summed E-state index contributed by atoms with van der Waals surface area (Å²) >= 11 is 0. The van der Waals surface area contributed by atoms with E-state index in [2.05, 4.69) is 20.4 Å². The predicted molar refractivity (Wildman–Crippen MR) is 116 cm³/mol. The number of anilines is 2. The second-order valence-corrected chi connectivity index (χ2v) is 7.94. The summed E-state index contributed by atoms with van der Waals surface area (Å²) in [7, 11) is 0. The largest absolute Gasteiger partial charge is 0.439 e. The van der Waals surface area contributed by atoms with Crippen LogP contribution < -0.4 is 10.1 Å². The van der Waals surface area contributed by atoms with E-state index in [-0.39, 0.29) is 11.6 Å². The van der Waals surface area contributed by atoms with Crippen LogP contribution in [-0.2, 0) is 11.8 Å². The fraction of sp³-hybridized carbons (Fsp3) is 0.174. The van der Waals surface area contributed by atoms with Crippen molar-refractivity contribution in [3.63, 3.8) is 0 Å². The van der Waals surface area contributed by atoms with Crippen LogP contribution in [0.3, 0.4) is 0 Å². The Labute approximate surface area is 195 Å². The number of aromatic nitrogens is 4. The molecule has 35 heavy (non-hydrogen) atoms. The van der Waals surface area contributed by atoms with E-state index in [4.69, 9.17) is 4.74 Å². The minimum absolute atomic E-state index is 0.0233. The third-order valence-corrected chi connectivity index (χ3v) is 4.73. The Bertz CT molecular complexity index is 1330. The normalized spacial score (nSPS) is 12.0. The summed E-state index contributed by atoms with van der Waals surface area (Å²) in [5.74, 6) is -2.53. The van der Waals surface area contributed by atoms with Gasteiger partial charge in [-0.1, -0.05) is 6.07 Å². The van der Waals surface area contributed by atoms with Gasteiger partial charge in [-0.3, -0.25) is 4.98 Å². The van der Waals surface area contributed by atoms with Gasteiger partial charge in [0.05, 0.1) is 17.6 Å². The van der Waals surface area contributed by atoms with Crippen molar-refractivity contribution in [1.29, 1.82) is 0 Å². The molecule has 4 rings (SSSR count). The van der Waals surface area contributed by atoms with Crippen LogP contribution in [0.25, 0.3) is 5.69 Å². The number of alkyl halides is 3. The monoisotopic (exact) mass is 491 g/mol. The summed E-state index contributed by atoms with van der Waals surface area (Å²) in [6, 6.07) is 9.39. The molecule has 0 amide bonds. The summed E-state index contributed by atoms with van der Waals surface area (Å²) in [6.45, 7) is 3.18. The maximum absolute atomic E-state index is 14.3. The highest BCUT2D eigenvalue weighted by Crippen LogP contribution is 2.35. The molecule has 0 atom stereocenters. The lowest BCUT2D eigenvalue weighted by Crippen LogP contribution is -2.17. The van der Waals surface area contributed by atoms with Crippen molar-refractivity contribution in [3.8, 4) is 17.3 Å². The lowest BCUT2D eigenvalue weighted by Gasteiger charge is -2.16. The zero-order chi connectivity index (χ0) is 25.4. The van der Waals surface area contributed by atoms with Gasteiger partial charge in [-0.2, -0.15) is 23.0 Å². The Morgan fingerprint density at radius 3 is 2.26 bits per heavy atom. The molecule has 0 aliphatic carbocycles. The molecule has 182 valence electrons. The van der Waals surface area contributed by atoms with Crippen LogP contribution in [0, 0.1) is 11.6 Å². The summed E-state index contributed by atoms with van der Waals surface area (Å²) in [6.07, 6.45) is -2.09. The minimum Gasteiger partial charge on any atom is -0.439 e. The van der Waals surface area contributed by atoms with Crippen molar-refractivity contribution in [2.75, 3.05) is 5.32 Å². The maximum Gasteiger partial charge on any atom is 0.435 e. The van der Waals surface area contributed by atoms with E-state index in [0.29, 0.717) is 22.1 Å². The van der Waals surface area contributed by atoms with Crippen LogP contribution in [0.15, 0.2) is 60.9 Å². The van der Waals surface area contributed by atoms with E-state index in [1.165, 1.54) is 24.5 Å². The van der Waals surface area contributed by atoms with Crippen molar-refractivity contribution in [2.45, 2.75) is 25.6 Å². The number of benzene rings is 1. The highest BCUT2D eigenvalue weighted by Gasteiger charge is 2.36.